The highest BCUT2D eigenvalue weighted by Gasteiger charge is 2.28. The highest BCUT2D eigenvalue weighted by atomic mass is 16.4. The Balaban J connectivity index is 2.09. The maximum absolute atomic E-state index is 12.3. The Bertz CT molecular complexity index is 2590. The van der Waals surface area contributed by atoms with Gasteiger partial charge in [0.1, 0.15) is 0 Å². The monoisotopic (exact) mass is 838 g/mol. The number of aromatic nitrogens is 4. The zero-order valence-electron chi connectivity index (χ0n) is 31.5. The molecule has 0 saturated carbocycles. The third kappa shape index (κ3) is 10.4. The van der Waals surface area contributed by atoms with E-state index in [4.69, 9.17) is 0 Å². The highest BCUT2D eigenvalue weighted by molar-refractivity contribution is 6.02. The van der Waals surface area contributed by atoms with E-state index in [1.807, 2.05) is 0 Å². The molecule has 0 radical (unpaired) electrons. The standard InChI is InChI=1S/C40H38N4O16/c45-33(46)5-1-17-21(9-37(53)54)29-14-26-19(3-7-35(49)50)23(11-39(57)58)31(43-26)16-28-20(4-8-36(51)52)24(12-40(59)60)32(44-28)15-27-18(2-6-34(47)48)22(10-38(55)56)30(42-27)13-25(17)41-29/h13-16,41-42H,1-12H2,(H,45,46)(H,47,48)(H,49,50)(H,51,52)(H,53,54)(H,55,56)(H,57,58)(H,59,60)/i13+1,14+1,15+1,16+1,25+1,26+1,27+1,28+1. The SMILES string of the molecule is O=C(O)CCC1=C(CC(=O)O)c2[13cH][13c]3[nH]c([13cH][13c]4[nH]c([13cH][13c]5nc([13cH][13c]1n2)C(CC(=O)O)=C5CCC(=O)O)c(CC(=O)O)c4CCC(=O)O)c(CC(=O)O)c3CCC(=O)O. The van der Waals surface area contributed by atoms with Gasteiger partial charge in [-0.3, -0.25) is 38.4 Å². The van der Waals surface area contributed by atoms with E-state index in [1.54, 1.807) is 0 Å². The van der Waals surface area contributed by atoms with Crippen molar-refractivity contribution < 1.29 is 79.2 Å². The second-order valence-corrected chi connectivity index (χ2v) is 13.9. The molecule has 2 aliphatic heterocycles. The van der Waals surface area contributed by atoms with Crippen LogP contribution < -0.4 is 0 Å². The van der Waals surface area contributed by atoms with E-state index in [-0.39, 0.29) is 115 Å². The van der Waals surface area contributed by atoms with Gasteiger partial charge in [0, 0.05) is 47.8 Å². The first-order valence-electron chi connectivity index (χ1n) is 18.3. The lowest BCUT2D eigenvalue weighted by molar-refractivity contribution is -0.138. The zero-order valence-corrected chi connectivity index (χ0v) is 31.5. The van der Waals surface area contributed by atoms with Crippen LogP contribution in [0.2, 0.25) is 0 Å². The fourth-order valence-corrected chi connectivity index (χ4v) is 7.37. The lowest BCUT2D eigenvalue weighted by atomic mass is 10.0. The minimum absolute atomic E-state index is 0.00376. The van der Waals surface area contributed by atoms with Crippen molar-refractivity contribution in [1.29, 1.82) is 0 Å². The summed E-state index contributed by atoms with van der Waals surface area (Å²) in [6, 6.07) is 5.39. The van der Waals surface area contributed by atoms with Crippen LogP contribution in [0.25, 0.3) is 44.4 Å². The average Bonchev–Trinajstić information content (AvgIpc) is 3.81. The molecule has 3 aromatic rings. The molecule has 0 amide bonds. The number of carbonyl (C=O) groups is 8. The summed E-state index contributed by atoms with van der Waals surface area (Å²) >= 11 is 0. The molecule has 5 rings (SSSR count). The summed E-state index contributed by atoms with van der Waals surface area (Å²) in [6.45, 7) is 0. The number of carboxylic acids is 8. The Morgan fingerprint density at radius 2 is 0.650 bits per heavy atom. The van der Waals surface area contributed by atoms with E-state index < -0.39 is 99.1 Å². The number of aliphatic carboxylic acids is 8. The van der Waals surface area contributed by atoms with Gasteiger partial charge >= 0.3 is 47.8 Å². The molecule has 0 aliphatic carbocycles. The predicted molar refractivity (Wildman–Crippen MR) is 207 cm³/mol. The molecule has 20 heteroatoms. The third-order valence-electron chi connectivity index (χ3n) is 9.81. The molecule has 0 aromatic carbocycles. The van der Waals surface area contributed by atoms with Crippen LogP contribution in [0.4, 0.5) is 0 Å². The molecular weight excluding hydrogens is 800 g/mol. The number of allylic oxidation sites excluding steroid dienone is 2. The number of fused-ring (bicyclic) bond motifs is 8. The van der Waals surface area contributed by atoms with Crippen molar-refractivity contribution in [2.75, 3.05) is 0 Å². The lowest BCUT2D eigenvalue weighted by Gasteiger charge is -2.07. The third-order valence-corrected chi connectivity index (χ3v) is 9.81. The summed E-state index contributed by atoms with van der Waals surface area (Å²) in [5.74, 6) is -10.3. The molecule has 5 heterocycles. The second-order valence-electron chi connectivity index (χ2n) is 13.9. The summed E-state index contributed by atoms with van der Waals surface area (Å²) in [6.07, 6.45) is -5.74. The van der Waals surface area contributed by atoms with Crippen molar-refractivity contribution >= 4 is 92.1 Å². The first kappa shape index (κ1) is 43.5. The van der Waals surface area contributed by atoms with Crippen LogP contribution in [0.3, 0.4) is 0 Å². The fraction of sp³-hybridized carbons (Fsp3) is 0.300. The van der Waals surface area contributed by atoms with E-state index in [9.17, 15) is 79.2 Å². The number of hydrogen-bond donors (Lipinski definition) is 10. The maximum Gasteiger partial charge on any atom is 0.307 e. The van der Waals surface area contributed by atoms with Crippen LogP contribution in [0.1, 0.15) is 96.4 Å². The van der Waals surface area contributed by atoms with Crippen molar-refractivity contribution in [2.45, 2.75) is 77.0 Å². The molecule has 0 spiro atoms. The average molecular weight is 839 g/mol. The number of H-pyrrole nitrogens is 2. The van der Waals surface area contributed by atoms with Crippen LogP contribution in [-0.2, 0) is 64.0 Å². The van der Waals surface area contributed by atoms with Crippen molar-refractivity contribution in [3.05, 3.63) is 69.3 Å². The number of hydrogen-bond acceptors (Lipinski definition) is 10. The first-order chi connectivity index (χ1) is 28.3. The van der Waals surface area contributed by atoms with Gasteiger partial charge in [0.25, 0.3) is 0 Å². The normalized spacial score (nSPS) is 12.4. The van der Waals surface area contributed by atoms with Gasteiger partial charge in [-0.15, -0.1) is 0 Å². The van der Waals surface area contributed by atoms with E-state index in [2.05, 4.69) is 19.9 Å². The second kappa shape index (κ2) is 18.3. The molecule has 0 fully saturated rings. The minimum atomic E-state index is -1.35. The van der Waals surface area contributed by atoms with Gasteiger partial charge in [0.05, 0.1) is 48.5 Å². The Morgan fingerprint density at radius 3 is 1.03 bits per heavy atom. The number of nitrogens with zero attached hydrogens (tertiary/aromatic N) is 2. The van der Waals surface area contributed by atoms with Gasteiger partial charge in [-0.05, 0) is 94.5 Å². The smallest absolute Gasteiger partial charge is 0.307 e. The van der Waals surface area contributed by atoms with Crippen molar-refractivity contribution in [3.8, 4) is 0 Å². The van der Waals surface area contributed by atoms with Crippen LogP contribution >= 0.6 is 0 Å². The Kier molecular flexibility index (Phi) is 13.3. The zero-order chi connectivity index (χ0) is 44.0. The van der Waals surface area contributed by atoms with Crippen molar-refractivity contribution in [3.63, 3.8) is 0 Å². The molecule has 10 N–H and O–H groups in total. The van der Waals surface area contributed by atoms with E-state index in [0.717, 1.165) is 0 Å². The molecule has 8 bridgehead atoms. The van der Waals surface area contributed by atoms with Gasteiger partial charge in [-0.25, -0.2) is 9.97 Å². The van der Waals surface area contributed by atoms with Crippen LogP contribution in [-0.4, -0.2) is 109 Å². The Hall–Kier alpha value is -7.64. The molecule has 20 nitrogen and oxygen atoms in total. The number of carboxylic acid groups (broad SMARTS) is 8. The summed E-state index contributed by atoms with van der Waals surface area (Å²) in [7, 11) is 0. The summed E-state index contributed by atoms with van der Waals surface area (Å²) in [5, 5.41) is 78.6. The van der Waals surface area contributed by atoms with E-state index in [1.165, 1.54) is 24.3 Å². The molecule has 0 unspecified atom stereocenters. The Morgan fingerprint density at radius 1 is 0.350 bits per heavy atom. The van der Waals surface area contributed by atoms with Gasteiger partial charge in [-0.2, -0.15) is 0 Å². The topological polar surface area (TPSA) is 356 Å². The summed E-state index contributed by atoms with van der Waals surface area (Å²) < 4.78 is 0. The summed E-state index contributed by atoms with van der Waals surface area (Å²) in [5.41, 5.74) is 1.10. The van der Waals surface area contributed by atoms with Crippen LogP contribution in [0, 0.1) is 0 Å². The van der Waals surface area contributed by atoms with Gasteiger partial charge < -0.3 is 50.8 Å². The molecule has 0 atom stereocenters. The molecule has 0 saturated heterocycles. The molecule has 60 heavy (non-hydrogen) atoms. The largest absolute Gasteiger partial charge is 0.481 e. The van der Waals surface area contributed by atoms with Gasteiger partial charge in [0.2, 0.25) is 0 Å². The number of aromatic amines is 2. The predicted octanol–water partition coefficient (Wildman–Crippen LogP) is 4.10. The van der Waals surface area contributed by atoms with E-state index in [0.29, 0.717) is 0 Å². The Labute approximate surface area is 337 Å². The fourth-order valence-electron chi connectivity index (χ4n) is 7.37. The maximum atomic E-state index is 12.3. The quantitative estimate of drug-likeness (QED) is 0.0765. The van der Waals surface area contributed by atoms with Crippen LogP contribution in [0.15, 0.2) is 24.3 Å². The number of nitrogens with one attached hydrogen (secondary N) is 2. The van der Waals surface area contributed by atoms with Gasteiger partial charge in [0.15, 0.2) is 0 Å². The highest BCUT2D eigenvalue weighted by Crippen LogP contribution is 2.40. The molecule has 3 aromatic heterocycles. The molecular formula is C40H38N4O16. The lowest BCUT2D eigenvalue weighted by Crippen LogP contribution is -2.05. The van der Waals surface area contributed by atoms with Crippen LogP contribution in [0.5, 0.6) is 0 Å². The van der Waals surface area contributed by atoms with Crippen molar-refractivity contribution in [2.24, 2.45) is 0 Å². The number of aryl methyl sites for hydroxylation is 2. The summed E-state index contributed by atoms with van der Waals surface area (Å²) in [4.78, 5) is 112. The van der Waals surface area contributed by atoms with Crippen molar-refractivity contribution in [1.82, 2.24) is 19.9 Å². The number of rotatable bonds is 20. The minimum Gasteiger partial charge on any atom is -0.481 e. The molecule has 314 valence electrons. The first-order valence-corrected chi connectivity index (χ1v) is 18.3. The van der Waals surface area contributed by atoms with E-state index >= 15 is 0 Å². The molecule has 2 aliphatic rings. The van der Waals surface area contributed by atoms with Gasteiger partial charge in [-0.1, -0.05) is 0 Å².